The molecule has 1 aliphatic heterocycles. The number of anilines is 2. The highest BCUT2D eigenvalue weighted by atomic mass is 32.2. The summed E-state index contributed by atoms with van der Waals surface area (Å²) in [5, 5.41) is 2.86. The highest BCUT2D eigenvalue weighted by Gasteiger charge is 2.15. The third kappa shape index (κ3) is 6.24. The molecule has 0 unspecified atom stereocenters. The van der Waals surface area contributed by atoms with Gasteiger partial charge in [-0.3, -0.25) is 9.59 Å². The number of aryl methyl sites for hydroxylation is 2. The monoisotopic (exact) mass is 427 g/mol. The van der Waals surface area contributed by atoms with E-state index in [4.69, 9.17) is 4.74 Å². The summed E-state index contributed by atoms with van der Waals surface area (Å²) in [6.45, 7) is 7.37. The van der Waals surface area contributed by atoms with Crippen molar-refractivity contribution in [3.8, 4) is 0 Å². The number of benzene rings is 2. The molecule has 1 fully saturated rings. The normalized spacial score (nSPS) is 13.8. The Morgan fingerprint density at radius 2 is 1.77 bits per heavy atom. The number of hydrogen-bond donors (Lipinski definition) is 1. The van der Waals surface area contributed by atoms with Crippen molar-refractivity contribution in [2.24, 2.45) is 0 Å². The zero-order chi connectivity index (χ0) is 21.5. The van der Waals surface area contributed by atoms with Gasteiger partial charge < -0.3 is 19.9 Å². The Bertz CT molecular complexity index is 880. The molecule has 2 amide bonds. The fourth-order valence-corrected chi connectivity index (χ4v) is 4.08. The van der Waals surface area contributed by atoms with E-state index in [1.807, 2.05) is 30.3 Å². The molecule has 1 heterocycles. The van der Waals surface area contributed by atoms with E-state index in [0.29, 0.717) is 5.75 Å². The molecule has 6 nitrogen and oxygen atoms in total. The summed E-state index contributed by atoms with van der Waals surface area (Å²) in [6.07, 6.45) is 0. The van der Waals surface area contributed by atoms with Crippen LogP contribution in [0.1, 0.15) is 11.1 Å². The molecule has 0 bridgehead atoms. The fourth-order valence-electron chi connectivity index (χ4n) is 3.14. The lowest BCUT2D eigenvalue weighted by molar-refractivity contribution is -0.131. The first kappa shape index (κ1) is 22.2. The van der Waals surface area contributed by atoms with Gasteiger partial charge in [0.05, 0.1) is 25.5 Å². The van der Waals surface area contributed by atoms with Crippen molar-refractivity contribution in [2.75, 3.05) is 55.9 Å². The van der Waals surface area contributed by atoms with Crippen molar-refractivity contribution in [3.05, 3.63) is 53.6 Å². The molecule has 7 heteroatoms. The van der Waals surface area contributed by atoms with Crippen molar-refractivity contribution in [2.45, 2.75) is 18.7 Å². The molecule has 1 N–H and O–H groups in total. The van der Waals surface area contributed by atoms with Crippen molar-refractivity contribution in [1.29, 1.82) is 0 Å². The van der Waals surface area contributed by atoms with Crippen molar-refractivity contribution in [3.63, 3.8) is 0 Å². The number of nitrogens with one attached hydrogen (secondary N) is 1. The standard InChI is InChI=1S/C23H29N3O3S/c1-17-4-9-21(14-18(17)2)30-16-23(28)25(3)15-22(27)24-19-5-7-20(8-6-19)26-10-12-29-13-11-26/h4-9,14H,10-13,15-16H2,1-3H3,(H,24,27). The zero-order valence-corrected chi connectivity index (χ0v) is 18.6. The molecule has 0 aromatic heterocycles. The van der Waals surface area contributed by atoms with Gasteiger partial charge in [-0.15, -0.1) is 11.8 Å². The topological polar surface area (TPSA) is 61.9 Å². The van der Waals surface area contributed by atoms with Crippen LogP contribution in [0.5, 0.6) is 0 Å². The largest absolute Gasteiger partial charge is 0.378 e. The lowest BCUT2D eigenvalue weighted by Gasteiger charge is -2.28. The first-order chi connectivity index (χ1) is 14.4. The summed E-state index contributed by atoms with van der Waals surface area (Å²) in [4.78, 5) is 29.5. The van der Waals surface area contributed by atoms with Crippen LogP contribution in [0.25, 0.3) is 0 Å². The fraction of sp³-hybridized carbons (Fsp3) is 0.391. The maximum absolute atomic E-state index is 12.4. The van der Waals surface area contributed by atoms with Gasteiger partial charge in [-0.1, -0.05) is 6.07 Å². The van der Waals surface area contributed by atoms with E-state index in [0.717, 1.165) is 42.6 Å². The summed E-state index contributed by atoms with van der Waals surface area (Å²) in [6, 6.07) is 13.9. The highest BCUT2D eigenvalue weighted by molar-refractivity contribution is 8.00. The molecule has 1 saturated heterocycles. The second kappa shape index (κ2) is 10.5. The van der Waals surface area contributed by atoms with Gasteiger partial charge in [-0.05, 0) is 61.4 Å². The summed E-state index contributed by atoms with van der Waals surface area (Å²) < 4.78 is 5.37. The molecule has 0 spiro atoms. The number of ether oxygens (including phenoxy) is 1. The number of hydrogen-bond acceptors (Lipinski definition) is 5. The van der Waals surface area contributed by atoms with Crippen molar-refractivity contribution in [1.82, 2.24) is 4.90 Å². The van der Waals surface area contributed by atoms with E-state index in [1.54, 1.807) is 7.05 Å². The molecule has 0 radical (unpaired) electrons. The lowest BCUT2D eigenvalue weighted by Crippen LogP contribution is -2.36. The SMILES string of the molecule is Cc1ccc(SCC(=O)N(C)CC(=O)Nc2ccc(N3CCOCC3)cc2)cc1C. The highest BCUT2D eigenvalue weighted by Crippen LogP contribution is 2.21. The van der Waals surface area contributed by atoms with E-state index in [2.05, 4.69) is 36.2 Å². The third-order valence-corrected chi connectivity index (χ3v) is 6.15. The molecule has 1 aliphatic rings. The van der Waals surface area contributed by atoms with Crippen molar-refractivity contribution < 1.29 is 14.3 Å². The maximum atomic E-state index is 12.4. The predicted molar refractivity (Wildman–Crippen MR) is 122 cm³/mol. The van der Waals surface area contributed by atoms with Crippen LogP contribution in [0.3, 0.4) is 0 Å². The second-order valence-corrected chi connectivity index (χ2v) is 8.53. The average molecular weight is 428 g/mol. The Labute approximate surface area is 182 Å². The number of likely N-dealkylation sites (N-methyl/N-ethyl adjacent to an activating group) is 1. The minimum absolute atomic E-state index is 0.0253. The van der Waals surface area contributed by atoms with E-state index in [1.165, 1.54) is 27.8 Å². The lowest BCUT2D eigenvalue weighted by atomic mass is 10.1. The van der Waals surface area contributed by atoms with Gasteiger partial charge in [0.15, 0.2) is 0 Å². The maximum Gasteiger partial charge on any atom is 0.243 e. The van der Waals surface area contributed by atoms with Gasteiger partial charge in [-0.2, -0.15) is 0 Å². The molecule has 2 aromatic rings. The summed E-state index contributed by atoms with van der Waals surface area (Å²) in [5.74, 6) is 0.0257. The molecule has 2 aromatic carbocycles. The summed E-state index contributed by atoms with van der Waals surface area (Å²) in [7, 11) is 1.66. The van der Waals surface area contributed by atoms with Crippen LogP contribution < -0.4 is 10.2 Å². The minimum Gasteiger partial charge on any atom is -0.378 e. The third-order valence-electron chi connectivity index (χ3n) is 5.17. The Kier molecular flexibility index (Phi) is 7.76. The van der Waals surface area contributed by atoms with Gasteiger partial charge in [0.25, 0.3) is 0 Å². The molecule has 0 atom stereocenters. The number of morpholine rings is 1. The summed E-state index contributed by atoms with van der Waals surface area (Å²) >= 11 is 1.49. The second-order valence-electron chi connectivity index (χ2n) is 7.48. The Balaban J connectivity index is 1.45. The molecular weight excluding hydrogens is 398 g/mol. The van der Waals surface area contributed by atoms with E-state index in [-0.39, 0.29) is 18.4 Å². The number of amides is 2. The van der Waals surface area contributed by atoms with Gasteiger partial charge in [0, 0.05) is 36.4 Å². The number of carbonyl (C=O) groups excluding carboxylic acids is 2. The molecule has 3 rings (SSSR count). The smallest absolute Gasteiger partial charge is 0.243 e. The van der Waals surface area contributed by atoms with Gasteiger partial charge in [0.1, 0.15) is 0 Å². The van der Waals surface area contributed by atoms with Crippen LogP contribution in [0, 0.1) is 13.8 Å². The Morgan fingerprint density at radius 1 is 1.07 bits per heavy atom. The molecule has 30 heavy (non-hydrogen) atoms. The van der Waals surface area contributed by atoms with Crippen LogP contribution in [0.2, 0.25) is 0 Å². The van der Waals surface area contributed by atoms with Crippen LogP contribution in [0.15, 0.2) is 47.4 Å². The molecule has 160 valence electrons. The first-order valence-electron chi connectivity index (χ1n) is 10.1. The predicted octanol–water partition coefficient (Wildman–Crippen LogP) is 3.33. The van der Waals surface area contributed by atoms with Crippen LogP contribution in [0.4, 0.5) is 11.4 Å². The van der Waals surface area contributed by atoms with Crippen molar-refractivity contribution >= 4 is 35.0 Å². The molecule has 0 saturated carbocycles. The van der Waals surface area contributed by atoms with Gasteiger partial charge >= 0.3 is 0 Å². The van der Waals surface area contributed by atoms with Crippen LogP contribution in [-0.4, -0.2) is 62.4 Å². The number of nitrogens with zero attached hydrogens (tertiary/aromatic N) is 2. The number of carbonyl (C=O) groups is 2. The summed E-state index contributed by atoms with van der Waals surface area (Å²) in [5.41, 5.74) is 4.28. The number of rotatable bonds is 7. The van der Waals surface area contributed by atoms with E-state index < -0.39 is 0 Å². The van der Waals surface area contributed by atoms with E-state index in [9.17, 15) is 9.59 Å². The Morgan fingerprint density at radius 3 is 2.43 bits per heavy atom. The quantitative estimate of drug-likeness (QED) is 0.687. The van der Waals surface area contributed by atoms with Crippen LogP contribution in [-0.2, 0) is 14.3 Å². The first-order valence-corrected chi connectivity index (χ1v) is 11.1. The van der Waals surface area contributed by atoms with Gasteiger partial charge in [-0.25, -0.2) is 0 Å². The average Bonchev–Trinajstić information content (AvgIpc) is 2.75. The van der Waals surface area contributed by atoms with Crippen LogP contribution >= 0.6 is 11.8 Å². The number of thioether (sulfide) groups is 1. The molecular formula is C23H29N3O3S. The van der Waals surface area contributed by atoms with E-state index >= 15 is 0 Å². The molecule has 0 aliphatic carbocycles. The Hall–Kier alpha value is -2.51. The zero-order valence-electron chi connectivity index (χ0n) is 17.8. The minimum atomic E-state index is -0.207. The van der Waals surface area contributed by atoms with Gasteiger partial charge in [0.2, 0.25) is 11.8 Å².